The number of carbonyl (C=O) groups is 1. The second-order valence-electron chi connectivity index (χ2n) is 7.80. The van der Waals surface area contributed by atoms with E-state index in [0.29, 0.717) is 13.2 Å². The molecular formula is C21H28N2O4S. The Morgan fingerprint density at radius 1 is 1.07 bits per heavy atom. The van der Waals surface area contributed by atoms with E-state index in [1.165, 1.54) is 5.56 Å². The minimum atomic E-state index is -3.48. The summed E-state index contributed by atoms with van der Waals surface area (Å²) in [5.74, 6) is 0.374. The minimum Gasteiger partial charge on any atom is -0.492 e. The second kappa shape index (κ2) is 8.65. The predicted octanol–water partition coefficient (Wildman–Crippen LogP) is 3.47. The molecule has 28 heavy (non-hydrogen) atoms. The number of anilines is 1. The lowest BCUT2D eigenvalue weighted by atomic mass is 9.87. The molecule has 0 saturated carbocycles. The summed E-state index contributed by atoms with van der Waals surface area (Å²) in [6, 6.07) is 12.9. The van der Waals surface area contributed by atoms with Crippen molar-refractivity contribution in [3.8, 4) is 5.75 Å². The zero-order valence-electron chi connectivity index (χ0n) is 17.0. The number of aryl methyl sites for hydroxylation is 1. The van der Waals surface area contributed by atoms with E-state index >= 15 is 0 Å². The van der Waals surface area contributed by atoms with E-state index in [1.54, 1.807) is 18.2 Å². The van der Waals surface area contributed by atoms with Crippen LogP contribution in [0.5, 0.6) is 5.75 Å². The molecule has 0 aromatic heterocycles. The molecule has 2 aromatic carbocycles. The average molecular weight is 405 g/mol. The number of amides is 1. The topological polar surface area (TPSA) is 84.5 Å². The third-order valence-electron chi connectivity index (χ3n) is 4.09. The Morgan fingerprint density at radius 3 is 2.29 bits per heavy atom. The van der Waals surface area contributed by atoms with Crippen LogP contribution in [0.2, 0.25) is 0 Å². The summed E-state index contributed by atoms with van der Waals surface area (Å²) in [5, 5.41) is 2.76. The quantitative estimate of drug-likeness (QED) is 0.692. The maximum Gasteiger partial charge on any atom is 0.253 e. The lowest BCUT2D eigenvalue weighted by Gasteiger charge is -2.19. The predicted molar refractivity (Wildman–Crippen MR) is 113 cm³/mol. The van der Waals surface area contributed by atoms with Gasteiger partial charge in [0, 0.05) is 0 Å². The van der Waals surface area contributed by atoms with Crippen LogP contribution in [0, 0.1) is 6.92 Å². The van der Waals surface area contributed by atoms with E-state index in [4.69, 9.17) is 4.74 Å². The zero-order valence-corrected chi connectivity index (χ0v) is 17.8. The van der Waals surface area contributed by atoms with Gasteiger partial charge >= 0.3 is 0 Å². The van der Waals surface area contributed by atoms with E-state index in [1.807, 2.05) is 31.2 Å². The van der Waals surface area contributed by atoms with Crippen LogP contribution >= 0.6 is 0 Å². The van der Waals surface area contributed by atoms with Crippen molar-refractivity contribution in [2.45, 2.75) is 33.1 Å². The maximum atomic E-state index is 12.5. The molecule has 0 heterocycles. The molecule has 0 spiro atoms. The Kier molecular flexibility index (Phi) is 6.72. The van der Waals surface area contributed by atoms with Gasteiger partial charge in [0.1, 0.15) is 12.4 Å². The smallest absolute Gasteiger partial charge is 0.253 e. The standard InChI is InChI=1S/C21H28N2O4S/c1-15-6-11-19(23-28(5,25)26)18(14-15)20(24)22-12-13-27-17-9-7-16(8-10-17)21(2,3)4/h6-11,14,23H,12-13H2,1-5H3,(H,22,24). The molecule has 1 amide bonds. The van der Waals surface area contributed by atoms with Crippen molar-refractivity contribution in [1.82, 2.24) is 5.32 Å². The summed E-state index contributed by atoms with van der Waals surface area (Å²) in [5.41, 5.74) is 2.69. The van der Waals surface area contributed by atoms with Crippen LogP contribution < -0.4 is 14.8 Å². The van der Waals surface area contributed by atoms with Gasteiger partial charge in [-0.25, -0.2) is 8.42 Å². The molecule has 7 heteroatoms. The molecule has 152 valence electrons. The number of hydrogen-bond acceptors (Lipinski definition) is 4. The molecule has 0 unspecified atom stereocenters. The van der Waals surface area contributed by atoms with Crippen molar-refractivity contribution >= 4 is 21.6 Å². The normalized spacial score (nSPS) is 11.8. The molecule has 0 atom stereocenters. The van der Waals surface area contributed by atoms with Crippen LogP contribution in [0.3, 0.4) is 0 Å². The fourth-order valence-electron chi connectivity index (χ4n) is 2.61. The van der Waals surface area contributed by atoms with Crippen molar-refractivity contribution in [2.24, 2.45) is 0 Å². The van der Waals surface area contributed by atoms with Gasteiger partial charge in [-0.3, -0.25) is 9.52 Å². The minimum absolute atomic E-state index is 0.0814. The number of ether oxygens (including phenoxy) is 1. The third-order valence-corrected chi connectivity index (χ3v) is 4.68. The van der Waals surface area contributed by atoms with Crippen LogP contribution in [-0.4, -0.2) is 33.7 Å². The van der Waals surface area contributed by atoms with Crippen LogP contribution in [0.25, 0.3) is 0 Å². The largest absolute Gasteiger partial charge is 0.492 e. The van der Waals surface area contributed by atoms with Gasteiger partial charge in [0.25, 0.3) is 5.91 Å². The second-order valence-corrected chi connectivity index (χ2v) is 9.55. The Labute approximate surface area is 167 Å². The highest BCUT2D eigenvalue weighted by Gasteiger charge is 2.15. The molecule has 0 saturated heterocycles. The van der Waals surface area contributed by atoms with E-state index in [2.05, 4.69) is 30.8 Å². The van der Waals surface area contributed by atoms with Gasteiger partial charge in [-0.1, -0.05) is 44.5 Å². The Balaban J connectivity index is 1.93. The van der Waals surface area contributed by atoms with Gasteiger partial charge in [-0.2, -0.15) is 0 Å². The van der Waals surface area contributed by atoms with Gasteiger partial charge in [0.15, 0.2) is 0 Å². The van der Waals surface area contributed by atoms with Gasteiger partial charge in [-0.05, 0) is 42.2 Å². The molecule has 6 nitrogen and oxygen atoms in total. The van der Waals surface area contributed by atoms with Gasteiger partial charge in [0.05, 0.1) is 24.1 Å². The first-order chi connectivity index (χ1) is 13.0. The molecule has 0 radical (unpaired) electrons. The van der Waals surface area contributed by atoms with E-state index < -0.39 is 10.0 Å². The Bertz CT molecular complexity index is 930. The Morgan fingerprint density at radius 2 is 1.71 bits per heavy atom. The molecule has 2 aromatic rings. The first kappa shape index (κ1) is 21.8. The third kappa shape index (κ3) is 6.56. The fourth-order valence-corrected chi connectivity index (χ4v) is 3.19. The van der Waals surface area contributed by atoms with Crippen molar-refractivity contribution < 1.29 is 17.9 Å². The SMILES string of the molecule is Cc1ccc(NS(C)(=O)=O)c(C(=O)NCCOc2ccc(C(C)(C)C)cc2)c1. The summed E-state index contributed by atoms with van der Waals surface area (Å²) < 4.78 is 31.0. The van der Waals surface area contributed by atoms with E-state index in [9.17, 15) is 13.2 Å². The van der Waals surface area contributed by atoms with Crippen LogP contribution in [0.4, 0.5) is 5.69 Å². The molecule has 2 rings (SSSR count). The highest BCUT2D eigenvalue weighted by atomic mass is 32.2. The number of rotatable bonds is 7. The lowest BCUT2D eigenvalue weighted by Crippen LogP contribution is -2.29. The van der Waals surface area contributed by atoms with Crippen molar-refractivity contribution in [1.29, 1.82) is 0 Å². The zero-order chi connectivity index (χ0) is 20.9. The summed E-state index contributed by atoms with van der Waals surface area (Å²) in [7, 11) is -3.48. The van der Waals surface area contributed by atoms with Gasteiger partial charge in [0.2, 0.25) is 10.0 Å². The lowest BCUT2D eigenvalue weighted by molar-refractivity contribution is 0.0948. The molecule has 0 bridgehead atoms. The Hall–Kier alpha value is -2.54. The van der Waals surface area contributed by atoms with E-state index in [0.717, 1.165) is 17.6 Å². The maximum absolute atomic E-state index is 12.5. The monoisotopic (exact) mass is 404 g/mol. The highest BCUT2D eigenvalue weighted by molar-refractivity contribution is 7.92. The number of benzene rings is 2. The fraction of sp³-hybridized carbons (Fsp3) is 0.381. The molecular weight excluding hydrogens is 376 g/mol. The van der Waals surface area contributed by atoms with Gasteiger partial charge < -0.3 is 10.1 Å². The summed E-state index contributed by atoms with van der Waals surface area (Å²) in [6.07, 6.45) is 1.05. The van der Waals surface area contributed by atoms with Crippen molar-refractivity contribution in [2.75, 3.05) is 24.1 Å². The molecule has 0 aliphatic rings. The number of sulfonamides is 1. The van der Waals surface area contributed by atoms with Gasteiger partial charge in [-0.15, -0.1) is 0 Å². The molecule has 2 N–H and O–H groups in total. The molecule has 0 fully saturated rings. The van der Waals surface area contributed by atoms with Crippen LogP contribution in [0.15, 0.2) is 42.5 Å². The van der Waals surface area contributed by atoms with Crippen molar-refractivity contribution in [3.05, 3.63) is 59.2 Å². The van der Waals surface area contributed by atoms with E-state index in [-0.39, 0.29) is 22.6 Å². The average Bonchev–Trinajstić information content (AvgIpc) is 2.58. The highest BCUT2D eigenvalue weighted by Crippen LogP contribution is 2.24. The number of carbonyl (C=O) groups excluding carboxylic acids is 1. The number of nitrogens with one attached hydrogen (secondary N) is 2. The van der Waals surface area contributed by atoms with Crippen molar-refractivity contribution in [3.63, 3.8) is 0 Å². The first-order valence-electron chi connectivity index (χ1n) is 9.06. The summed E-state index contributed by atoms with van der Waals surface area (Å²) in [4.78, 5) is 12.5. The number of hydrogen-bond donors (Lipinski definition) is 2. The summed E-state index contributed by atoms with van der Waals surface area (Å²) in [6.45, 7) is 8.89. The first-order valence-corrected chi connectivity index (χ1v) is 10.9. The molecule has 0 aliphatic carbocycles. The van der Waals surface area contributed by atoms with Crippen LogP contribution in [0.1, 0.15) is 42.3 Å². The van der Waals surface area contributed by atoms with Crippen LogP contribution in [-0.2, 0) is 15.4 Å². The molecule has 0 aliphatic heterocycles. The summed E-state index contributed by atoms with van der Waals surface area (Å²) >= 11 is 0.